The lowest BCUT2D eigenvalue weighted by molar-refractivity contribution is -0.144. The summed E-state index contributed by atoms with van der Waals surface area (Å²) in [6.45, 7) is 4.39. The summed E-state index contributed by atoms with van der Waals surface area (Å²) in [5.41, 5.74) is 0.847. The van der Waals surface area contributed by atoms with Crippen molar-refractivity contribution < 1.29 is 9.53 Å². The van der Waals surface area contributed by atoms with E-state index in [1.165, 1.54) is 0 Å². The van der Waals surface area contributed by atoms with Crippen molar-refractivity contribution in [2.45, 2.75) is 56.9 Å². The fourth-order valence-electron chi connectivity index (χ4n) is 4.50. The van der Waals surface area contributed by atoms with Gasteiger partial charge in [0, 0.05) is 19.0 Å². The molecule has 1 aromatic rings. The van der Waals surface area contributed by atoms with Gasteiger partial charge in [-0.2, -0.15) is 5.26 Å². The first-order valence-electron chi connectivity index (χ1n) is 9.53. The van der Waals surface area contributed by atoms with E-state index in [-0.39, 0.29) is 11.4 Å². The van der Waals surface area contributed by atoms with E-state index in [2.05, 4.69) is 23.1 Å². The number of carbonyl (C=O) groups is 1. The monoisotopic (exact) mass is 340 g/mol. The summed E-state index contributed by atoms with van der Waals surface area (Å²) in [6, 6.07) is 13.4. The Morgan fingerprint density at radius 2 is 2.00 bits per heavy atom. The molecule has 1 saturated heterocycles. The van der Waals surface area contributed by atoms with E-state index in [0.717, 1.165) is 50.8 Å². The average molecular weight is 340 g/mol. The number of hydrogen-bond donors (Lipinski definition) is 0. The highest BCUT2D eigenvalue weighted by Crippen LogP contribution is 2.41. The minimum atomic E-state index is -0.318. The number of rotatable bonds is 5. The topological polar surface area (TPSA) is 53.3 Å². The van der Waals surface area contributed by atoms with Crippen molar-refractivity contribution in [3.63, 3.8) is 0 Å². The first kappa shape index (κ1) is 17.9. The molecule has 0 spiro atoms. The molecule has 2 fully saturated rings. The Kier molecular flexibility index (Phi) is 5.75. The van der Waals surface area contributed by atoms with Gasteiger partial charge in [0.2, 0.25) is 0 Å². The Balaban J connectivity index is 1.54. The first-order valence-corrected chi connectivity index (χ1v) is 9.53. The van der Waals surface area contributed by atoms with Crippen molar-refractivity contribution in [3.8, 4) is 6.07 Å². The van der Waals surface area contributed by atoms with Crippen LogP contribution in [0.4, 0.5) is 0 Å². The number of likely N-dealkylation sites (tertiary alicyclic amines) is 1. The highest BCUT2D eigenvalue weighted by molar-refractivity contribution is 5.69. The zero-order chi connectivity index (χ0) is 17.7. The predicted molar refractivity (Wildman–Crippen MR) is 96.9 cm³/mol. The van der Waals surface area contributed by atoms with Crippen LogP contribution in [0.3, 0.4) is 0 Å². The van der Waals surface area contributed by atoms with Crippen LogP contribution < -0.4 is 0 Å². The number of hydrogen-bond acceptors (Lipinski definition) is 4. The molecule has 1 atom stereocenters. The number of carbonyl (C=O) groups excluding carboxylic acids is 1. The Labute approximate surface area is 150 Å². The molecule has 134 valence electrons. The van der Waals surface area contributed by atoms with E-state index in [1.54, 1.807) is 0 Å². The Bertz CT molecular complexity index is 615. The molecule has 0 amide bonds. The van der Waals surface area contributed by atoms with E-state index >= 15 is 0 Å². The molecule has 1 aromatic carbocycles. The molecule has 1 aliphatic heterocycles. The van der Waals surface area contributed by atoms with Gasteiger partial charge in [-0.05, 0) is 57.1 Å². The van der Waals surface area contributed by atoms with Crippen LogP contribution in [-0.4, -0.2) is 36.6 Å². The molecule has 0 N–H and O–H groups in total. The van der Waals surface area contributed by atoms with E-state index in [1.807, 2.05) is 25.1 Å². The van der Waals surface area contributed by atoms with Crippen molar-refractivity contribution in [2.24, 2.45) is 5.92 Å². The fourth-order valence-corrected chi connectivity index (χ4v) is 4.50. The smallest absolute Gasteiger partial charge is 0.306 e. The zero-order valence-corrected chi connectivity index (χ0v) is 15.1. The van der Waals surface area contributed by atoms with Gasteiger partial charge in [0.15, 0.2) is 0 Å². The average Bonchev–Trinajstić information content (AvgIpc) is 3.11. The third-order valence-corrected chi connectivity index (χ3v) is 5.94. The molecular formula is C21H28N2O2. The summed E-state index contributed by atoms with van der Waals surface area (Å²) in [5, 5.41) is 9.82. The molecule has 1 aliphatic carbocycles. The van der Waals surface area contributed by atoms with Gasteiger partial charge in [-0.25, -0.2) is 0 Å². The molecule has 1 saturated carbocycles. The van der Waals surface area contributed by atoms with Gasteiger partial charge in [-0.3, -0.25) is 4.79 Å². The number of esters is 1. The van der Waals surface area contributed by atoms with Crippen molar-refractivity contribution in [1.29, 1.82) is 5.26 Å². The fraction of sp³-hybridized carbons (Fsp3) is 0.619. The van der Waals surface area contributed by atoms with Crippen LogP contribution in [-0.2, 0) is 14.9 Å². The maximum absolute atomic E-state index is 11.7. The zero-order valence-electron chi connectivity index (χ0n) is 15.1. The van der Waals surface area contributed by atoms with Gasteiger partial charge in [0.05, 0.1) is 18.1 Å². The molecule has 0 bridgehead atoms. The largest absolute Gasteiger partial charge is 0.466 e. The Hall–Kier alpha value is -1.86. The predicted octanol–water partition coefficient (Wildman–Crippen LogP) is 3.67. The maximum Gasteiger partial charge on any atom is 0.306 e. The van der Waals surface area contributed by atoms with Gasteiger partial charge in [0.25, 0.3) is 0 Å². The molecule has 4 nitrogen and oxygen atoms in total. The molecule has 25 heavy (non-hydrogen) atoms. The van der Waals surface area contributed by atoms with Crippen molar-refractivity contribution >= 4 is 5.97 Å². The highest BCUT2D eigenvalue weighted by Gasteiger charge is 2.40. The maximum atomic E-state index is 11.7. The lowest BCUT2D eigenvalue weighted by Gasteiger charge is -2.39. The summed E-state index contributed by atoms with van der Waals surface area (Å²) in [6.07, 6.45) is 5.61. The number of nitrogens with zero attached hydrogens (tertiary/aromatic N) is 2. The van der Waals surface area contributed by atoms with E-state index in [9.17, 15) is 10.1 Å². The van der Waals surface area contributed by atoms with Crippen molar-refractivity contribution in [3.05, 3.63) is 35.9 Å². The van der Waals surface area contributed by atoms with Gasteiger partial charge >= 0.3 is 5.97 Å². The second-order valence-electron chi connectivity index (χ2n) is 7.45. The minimum absolute atomic E-state index is 0.0643. The van der Waals surface area contributed by atoms with Crippen LogP contribution in [0.5, 0.6) is 0 Å². The van der Waals surface area contributed by atoms with E-state index in [4.69, 9.17) is 4.74 Å². The molecule has 3 rings (SSSR count). The molecule has 0 radical (unpaired) electrons. The first-order chi connectivity index (χ1) is 12.2. The molecule has 2 aliphatic rings. The molecular weight excluding hydrogens is 312 g/mol. The summed E-state index contributed by atoms with van der Waals surface area (Å²) in [5.74, 6) is 0.362. The van der Waals surface area contributed by atoms with Crippen LogP contribution >= 0.6 is 0 Å². The van der Waals surface area contributed by atoms with Crippen LogP contribution in [0, 0.1) is 17.2 Å². The normalized spacial score (nSPS) is 29.9. The summed E-state index contributed by atoms with van der Waals surface area (Å²) in [4.78, 5) is 14.2. The quantitative estimate of drug-likeness (QED) is 0.768. The van der Waals surface area contributed by atoms with Crippen LogP contribution in [0.1, 0.15) is 51.0 Å². The summed E-state index contributed by atoms with van der Waals surface area (Å²) < 4.78 is 5.08. The highest BCUT2D eigenvalue weighted by atomic mass is 16.5. The van der Waals surface area contributed by atoms with E-state index in [0.29, 0.717) is 25.0 Å². The van der Waals surface area contributed by atoms with Crippen LogP contribution in [0.15, 0.2) is 30.3 Å². The molecule has 1 heterocycles. The molecule has 0 aromatic heterocycles. The lowest BCUT2D eigenvalue weighted by atomic mass is 9.69. The van der Waals surface area contributed by atoms with Gasteiger partial charge in [0.1, 0.15) is 0 Å². The second kappa shape index (κ2) is 8.01. The minimum Gasteiger partial charge on any atom is -0.466 e. The summed E-state index contributed by atoms with van der Waals surface area (Å²) in [7, 11) is 0. The standard InChI is InChI=1S/C21H28N2O2/c1-2-25-20(24)14-17-10-13-23(15-17)19-8-11-21(16-22,12-9-19)18-6-4-3-5-7-18/h3-7,17,19H,2,8-15H2,1H3/t17-,19?,21?/m0/s1. The second-order valence-corrected chi connectivity index (χ2v) is 7.45. The van der Waals surface area contributed by atoms with Crippen molar-refractivity contribution in [2.75, 3.05) is 19.7 Å². The lowest BCUT2D eigenvalue weighted by Crippen LogP contribution is -2.41. The van der Waals surface area contributed by atoms with Gasteiger partial charge < -0.3 is 9.64 Å². The van der Waals surface area contributed by atoms with Crippen LogP contribution in [0.2, 0.25) is 0 Å². The molecule has 4 heteroatoms. The molecule has 0 unspecified atom stereocenters. The third-order valence-electron chi connectivity index (χ3n) is 5.94. The van der Waals surface area contributed by atoms with E-state index < -0.39 is 0 Å². The third kappa shape index (κ3) is 4.04. The number of nitriles is 1. The Morgan fingerprint density at radius 1 is 1.28 bits per heavy atom. The SMILES string of the molecule is CCOC(=O)C[C@@H]1CCN(C2CCC(C#N)(c3ccccc3)CC2)C1. The Morgan fingerprint density at radius 3 is 2.64 bits per heavy atom. The van der Waals surface area contributed by atoms with Gasteiger partial charge in [-0.1, -0.05) is 30.3 Å². The van der Waals surface area contributed by atoms with Crippen LogP contribution in [0.25, 0.3) is 0 Å². The van der Waals surface area contributed by atoms with Gasteiger partial charge in [-0.15, -0.1) is 0 Å². The number of ether oxygens (including phenoxy) is 1. The number of benzene rings is 1. The summed E-state index contributed by atoms with van der Waals surface area (Å²) >= 11 is 0. The van der Waals surface area contributed by atoms with Crippen molar-refractivity contribution in [1.82, 2.24) is 4.90 Å².